The maximum absolute atomic E-state index is 11.2. The Bertz CT molecular complexity index is 599. The number of carbonyl (C=O) groups excluding carboxylic acids is 1. The van der Waals surface area contributed by atoms with E-state index in [-0.39, 0.29) is 0 Å². The van der Waals surface area contributed by atoms with Crippen LogP contribution in [0.3, 0.4) is 0 Å². The largest absolute Gasteiger partial charge is 0.468 e. The molecule has 0 unspecified atom stereocenters. The minimum Gasteiger partial charge on any atom is -0.468 e. The molecule has 0 aliphatic rings. The van der Waals surface area contributed by atoms with Gasteiger partial charge in [-0.25, -0.2) is 4.79 Å². The van der Waals surface area contributed by atoms with Crippen molar-refractivity contribution in [3.63, 3.8) is 0 Å². The van der Waals surface area contributed by atoms with Crippen LogP contribution in [-0.2, 0) is 16.0 Å². The minimum atomic E-state index is -0.712. The highest BCUT2D eigenvalue weighted by Gasteiger charge is 2.14. The molecule has 90 valence electrons. The van der Waals surface area contributed by atoms with Crippen molar-refractivity contribution >= 4 is 17.1 Å². The lowest BCUT2D eigenvalue weighted by atomic mass is 10.1. The zero-order chi connectivity index (χ0) is 12.4. The van der Waals surface area contributed by atoms with Crippen molar-refractivity contribution in [2.45, 2.75) is 12.5 Å². The second kappa shape index (κ2) is 4.42. The van der Waals surface area contributed by atoms with Gasteiger partial charge in [0.1, 0.15) is 6.04 Å². The number of hydrogen-bond donors (Lipinski definition) is 2. The van der Waals surface area contributed by atoms with Crippen molar-refractivity contribution in [3.8, 4) is 0 Å². The average molecular weight is 236 g/mol. The van der Waals surface area contributed by atoms with Crippen molar-refractivity contribution in [1.82, 2.24) is 4.98 Å². The zero-order valence-corrected chi connectivity index (χ0v) is 9.23. The fourth-order valence-corrected chi connectivity index (χ4v) is 1.61. The van der Waals surface area contributed by atoms with E-state index in [1.165, 1.54) is 7.11 Å². The molecule has 1 heterocycles. The summed E-state index contributed by atoms with van der Waals surface area (Å²) in [5, 5.41) is 0. The van der Waals surface area contributed by atoms with Gasteiger partial charge in [-0.3, -0.25) is 9.78 Å². The summed E-state index contributed by atoms with van der Waals surface area (Å²) in [7, 11) is 1.29. The zero-order valence-electron chi connectivity index (χ0n) is 9.23. The number of ether oxygens (including phenoxy) is 1. The predicted octanol–water partition coefficient (Wildman–Crippen LogP) is 0.164. The molecule has 0 fully saturated rings. The molecule has 1 atom stereocenters. The summed E-state index contributed by atoms with van der Waals surface area (Å²) in [5.74, 6) is -0.972. The number of benzene rings is 1. The van der Waals surface area contributed by atoms with Crippen LogP contribution in [-0.4, -0.2) is 24.1 Å². The van der Waals surface area contributed by atoms with Crippen LogP contribution in [0.15, 0.2) is 27.4 Å². The van der Waals surface area contributed by atoms with Gasteiger partial charge >= 0.3 is 11.7 Å². The van der Waals surface area contributed by atoms with E-state index in [1.807, 2.05) is 0 Å². The van der Waals surface area contributed by atoms with Crippen LogP contribution in [0.1, 0.15) is 5.56 Å². The molecular weight excluding hydrogens is 224 g/mol. The van der Waals surface area contributed by atoms with E-state index in [2.05, 4.69) is 9.72 Å². The van der Waals surface area contributed by atoms with E-state index in [1.54, 1.807) is 18.2 Å². The number of nitrogens with two attached hydrogens (primary N) is 1. The highest BCUT2D eigenvalue weighted by atomic mass is 16.5. The monoisotopic (exact) mass is 236 g/mol. The van der Waals surface area contributed by atoms with E-state index in [4.69, 9.17) is 10.2 Å². The van der Waals surface area contributed by atoms with Gasteiger partial charge < -0.3 is 14.9 Å². The molecular formula is C11H12N2O4. The molecule has 0 bridgehead atoms. The van der Waals surface area contributed by atoms with Crippen molar-refractivity contribution in [2.24, 2.45) is 5.73 Å². The van der Waals surface area contributed by atoms with E-state index in [0.29, 0.717) is 17.5 Å². The standard InChI is InChI=1S/C11H12N2O4/c1-16-10(14)7(12)4-6-2-3-9-8(5-6)13-11(15)17-9/h2-3,5,7H,4,12H2,1H3,(H,13,15)/t7-/m0/s1. The molecule has 6 nitrogen and oxygen atoms in total. The van der Waals surface area contributed by atoms with Crippen molar-refractivity contribution in [2.75, 3.05) is 7.11 Å². The molecule has 1 aromatic heterocycles. The lowest BCUT2D eigenvalue weighted by Gasteiger charge is -2.08. The fourth-order valence-electron chi connectivity index (χ4n) is 1.61. The van der Waals surface area contributed by atoms with Crippen LogP contribution in [0.25, 0.3) is 11.1 Å². The Morgan fingerprint density at radius 2 is 2.35 bits per heavy atom. The summed E-state index contributed by atoms with van der Waals surface area (Å²) in [5.41, 5.74) is 7.53. The van der Waals surface area contributed by atoms with Gasteiger partial charge in [0.25, 0.3) is 0 Å². The van der Waals surface area contributed by atoms with Gasteiger partial charge in [-0.2, -0.15) is 0 Å². The van der Waals surface area contributed by atoms with Gasteiger partial charge in [-0.05, 0) is 24.1 Å². The first-order valence-electron chi connectivity index (χ1n) is 5.05. The molecule has 0 radical (unpaired) electrons. The third kappa shape index (κ3) is 2.36. The summed E-state index contributed by atoms with van der Waals surface area (Å²) < 4.78 is 9.40. The van der Waals surface area contributed by atoms with Gasteiger partial charge in [0.15, 0.2) is 5.58 Å². The Morgan fingerprint density at radius 3 is 3.06 bits per heavy atom. The van der Waals surface area contributed by atoms with Crippen LogP contribution < -0.4 is 11.5 Å². The maximum atomic E-state index is 11.2. The first kappa shape index (κ1) is 11.4. The number of rotatable bonds is 3. The molecule has 0 aliphatic heterocycles. The fraction of sp³-hybridized carbons (Fsp3) is 0.273. The maximum Gasteiger partial charge on any atom is 0.417 e. The number of fused-ring (bicyclic) bond motifs is 1. The number of methoxy groups -OCH3 is 1. The predicted molar refractivity (Wildman–Crippen MR) is 60.5 cm³/mol. The third-order valence-corrected chi connectivity index (χ3v) is 2.44. The number of hydrogen-bond acceptors (Lipinski definition) is 5. The Morgan fingerprint density at radius 1 is 1.59 bits per heavy atom. The van der Waals surface area contributed by atoms with Crippen LogP contribution in [0.5, 0.6) is 0 Å². The quantitative estimate of drug-likeness (QED) is 0.740. The Kier molecular flexibility index (Phi) is 2.97. The first-order chi connectivity index (χ1) is 8.10. The number of aromatic nitrogens is 1. The Hall–Kier alpha value is -2.08. The highest BCUT2D eigenvalue weighted by molar-refractivity contribution is 5.76. The number of esters is 1. The summed E-state index contributed by atoms with van der Waals surface area (Å²) in [6.45, 7) is 0. The molecule has 0 amide bonds. The Balaban J connectivity index is 2.24. The molecule has 0 saturated carbocycles. The summed E-state index contributed by atoms with van der Waals surface area (Å²) in [6.07, 6.45) is 0.343. The highest BCUT2D eigenvalue weighted by Crippen LogP contribution is 2.13. The molecule has 0 spiro atoms. The lowest BCUT2D eigenvalue weighted by molar-refractivity contribution is -0.142. The normalized spacial score (nSPS) is 12.6. The molecule has 0 saturated heterocycles. The molecule has 1 aromatic carbocycles. The van der Waals surface area contributed by atoms with Crippen LogP contribution in [0, 0.1) is 0 Å². The number of nitrogens with one attached hydrogen (secondary N) is 1. The SMILES string of the molecule is COC(=O)[C@@H](N)Cc1ccc2oc(=O)[nH]c2c1. The number of aromatic amines is 1. The molecule has 2 aromatic rings. The lowest BCUT2D eigenvalue weighted by Crippen LogP contribution is -2.33. The Labute approximate surface area is 96.4 Å². The van der Waals surface area contributed by atoms with E-state index in [9.17, 15) is 9.59 Å². The van der Waals surface area contributed by atoms with Gasteiger partial charge in [-0.15, -0.1) is 0 Å². The summed E-state index contributed by atoms with van der Waals surface area (Å²) in [4.78, 5) is 24.7. The van der Waals surface area contributed by atoms with Crippen LogP contribution in [0.4, 0.5) is 0 Å². The molecule has 0 aliphatic carbocycles. The van der Waals surface area contributed by atoms with E-state index >= 15 is 0 Å². The van der Waals surface area contributed by atoms with Gasteiger partial charge in [0, 0.05) is 0 Å². The van der Waals surface area contributed by atoms with Crippen molar-refractivity contribution in [1.29, 1.82) is 0 Å². The number of H-pyrrole nitrogens is 1. The first-order valence-corrected chi connectivity index (χ1v) is 5.05. The molecule has 17 heavy (non-hydrogen) atoms. The topological polar surface area (TPSA) is 98.3 Å². The summed E-state index contributed by atoms with van der Waals surface area (Å²) >= 11 is 0. The van der Waals surface area contributed by atoms with Gasteiger partial charge in [0.05, 0.1) is 12.6 Å². The number of oxazole rings is 1. The van der Waals surface area contributed by atoms with Crippen LogP contribution in [0.2, 0.25) is 0 Å². The van der Waals surface area contributed by atoms with Gasteiger partial charge in [-0.1, -0.05) is 6.07 Å². The van der Waals surface area contributed by atoms with Crippen LogP contribution >= 0.6 is 0 Å². The number of carbonyl (C=O) groups is 1. The summed E-state index contributed by atoms with van der Waals surface area (Å²) in [6, 6.07) is 4.42. The molecule has 3 N–H and O–H groups in total. The second-order valence-corrected chi connectivity index (χ2v) is 3.68. The van der Waals surface area contributed by atoms with Crippen molar-refractivity contribution in [3.05, 3.63) is 34.3 Å². The second-order valence-electron chi connectivity index (χ2n) is 3.68. The molecule has 2 rings (SSSR count). The van der Waals surface area contributed by atoms with E-state index in [0.717, 1.165) is 5.56 Å². The molecule has 6 heteroatoms. The van der Waals surface area contributed by atoms with Crippen molar-refractivity contribution < 1.29 is 13.9 Å². The minimum absolute atomic E-state index is 0.343. The smallest absolute Gasteiger partial charge is 0.417 e. The van der Waals surface area contributed by atoms with Gasteiger partial charge in [0.2, 0.25) is 0 Å². The average Bonchev–Trinajstić information content (AvgIpc) is 2.67. The van der Waals surface area contributed by atoms with E-state index < -0.39 is 17.8 Å². The third-order valence-electron chi connectivity index (χ3n) is 2.44.